The lowest BCUT2D eigenvalue weighted by molar-refractivity contribution is -0.425. The van der Waals surface area contributed by atoms with Crippen LogP contribution in [0.2, 0.25) is 0 Å². The van der Waals surface area contributed by atoms with Gasteiger partial charge >= 0.3 is 0 Å². The first-order valence-corrected chi connectivity index (χ1v) is 7.10. The van der Waals surface area contributed by atoms with Gasteiger partial charge in [0, 0.05) is 13.5 Å². The van der Waals surface area contributed by atoms with Crippen LogP contribution < -0.4 is 5.73 Å². The van der Waals surface area contributed by atoms with Gasteiger partial charge in [-0.05, 0) is 12.1 Å². The van der Waals surface area contributed by atoms with Crippen LogP contribution in [-0.2, 0) is 14.4 Å². The Kier molecular flexibility index (Phi) is 4.18. The van der Waals surface area contributed by atoms with E-state index in [0.29, 0.717) is 26.2 Å². The van der Waals surface area contributed by atoms with E-state index in [4.69, 9.17) is 20.1 Å². The molecule has 0 radical (unpaired) electrons. The molecule has 3 N–H and O–H groups in total. The molecule has 2 heterocycles. The quantitative estimate of drug-likeness (QED) is 0.456. The Morgan fingerprint density at radius 3 is 2.91 bits per heavy atom. The number of fused-ring (bicyclic) bond motifs is 1. The van der Waals surface area contributed by atoms with Crippen LogP contribution in [0.4, 0.5) is 5.69 Å². The van der Waals surface area contributed by atoms with Crippen LogP contribution in [0, 0.1) is 0 Å². The van der Waals surface area contributed by atoms with E-state index in [-0.39, 0.29) is 22.6 Å². The van der Waals surface area contributed by atoms with E-state index in [2.05, 4.69) is 0 Å². The van der Waals surface area contributed by atoms with Gasteiger partial charge in [0.15, 0.2) is 6.23 Å². The second-order valence-corrected chi connectivity index (χ2v) is 5.13. The monoisotopic (exact) mass is 323 g/mol. The third-order valence-corrected chi connectivity index (χ3v) is 3.71. The van der Waals surface area contributed by atoms with Crippen molar-refractivity contribution >= 4 is 17.5 Å². The number of methoxy groups -OCH3 is 1. The highest BCUT2D eigenvalue weighted by Gasteiger charge is 2.44. The Bertz CT molecular complexity index is 650. The Morgan fingerprint density at radius 2 is 2.17 bits per heavy atom. The molecule has 0 aromatic heterocycles. The molecule has 0 saturated carbocycles. The number of phenolic OH excluding ortho intramolecular Hbond substituents is 1. The first-order valence-electron chi connectivity index (χ1n) is 7.10. The summed E-state index contributed by atoms with van der Waals surface area (Å²) in [6, 6.07) is 2.67. The number of phenols is 1. The average Bonchev–Trinajstić information content (AvgIpc) is 2.80. The van der Waals surface area contributed by atoms with Gasteiger partial charge in [-0.25, -0.2) is 9.74 Å². The number of nitrogens with two attached hydrogens (primary N) is 1. The number of aromatic hydroxyl groups is 1. The fraction of sp³-hybridized carbons (Fsp3) is 0.429. The number of benzene rings is 1. The molecule has 9 heteroatoms. The molecule has 1 fully saturated rings. The summed E-state index contributed by atoms with van der Waals surface area (Å²) in [6.45, 7) is 0.997. The van der Waals surface area contributed by atoms with Crippen molar-refractivity contribution in [2.45, 2.75) is 12.6 Å². The van der Waals surface area contributed by atoms with Crippen LogP contribution in [-0.4, -0.2) is 60.1 Å². The van der Waals surface area contributed by atoms with E-state index in [0.717, 1.165) is 4.90 Å². The Balaban J connectivity index is 1.83. The summed E-state index contributed by atoms with van der Waals surface area (Å²) in [5.41, 5.74) is 5.79. The van der Waals surface area contributed by atoms with E-state index >= 15 is 0 Å². The van der Waals surface area contributed by atoms with Gasteiger partial charge in [-0.1, -0.05) is 5.23 Å². The molecule has 2 aliphatic heterocycles. The maximum Gasteiger partial charge on any atom is 0.266 e. The van der Waals surface area contributed by atoms with E-state index in [1.807, 2.05) is 0 Å². The van der Waals surface area contributed by atoms with Gasteiger partial charge in [0.05, 0.1) is 36.6 Å². The van der Waals surface area contributed by atoms with E-state index < -0.39 is 18.0 Å². The molecule has 23 heavy (non-hydrogen) atoms. The number of rotatable bonds is 4. The van der Waals surface area contributed by atoms with Gasteiger partial charge in [-0.3, -0.25) is 14.4 Å². The van der Waals surface area contributed by atoms with Crippen LogP contribution in [0.3, 0.4) is 0 Å². The number of nitrogens with zero attached hydrogens (tertiary/aromatic N) is 2. The minimum absolute atomic E-state index is 0.00790. The fourth-order valence-corrected chi connectivity index (χ4v) is 2.55. The maximum atomic E-state index is 12.6. The molecule has 1 aromatic carbocycles. The summed E-state index contributed by atoms with van der Waals surface area (Å²) < 4.78 is 4.93. The van der Waals surface area contributed by atoms with Gasteiger partial charge in [0.2, 0.25) is 0 Å². The van der Waals surface area contributed by atoms with Crippen molar-refractivity contribution in [2.24, 2.45) is 0 Å². The van der Waals surface area contributed by atoms with Crippen molar-refractivity contribution in [2.75, 3.05) is 32.6 Å². The second kappa shape index (κ2) is 6.13. The second-order valence-electron chi connectivity index (χ2n) is 5.13. The number of anilines is 1. The highest BCUT2D eigenvalue weighted by Crippen LogP contribution is 2.35. The molecule has 1 unspecified atom stereocenters. The highest BCUT2D eigenvalue weighted by atomic mass is 17.0. The van der Waals surface area contributed by atoms with Gasteiger partial charge in [-0.15, -0.1) is 0 Å². The predicted octanol–water partition coefficient (Wildman–Crippen LogP) is 0.112. The smallest absolute Gasteiger partial charge is 0.266 e. The Hall–Kier alpha value is -2.20. The van der Waals surface area contributed by atoms with Gasteiger partial charge in [0.1, 0.15) is 5.75 Å². The summed E-state index contributed by atoms with van der Waals surface area (Å²) in [5.74, 6) is -1.33. The molecule has 9 nitrogen and oxygen atoms in total. The third kappa shape index (κ3) is 2.63. The lowest BCUT2D eigenvalue weighted by Gasteiger charge is -2.34. The number of amides is 2. The first kappa shape index (κ1) is 15.7. The number of hydrogen-bond acceptors (Lipinski definition) is 8. The molecular formula is C14H17N3O6. The zero-order chi connectivity index (χ0) is 16.6. The number of hydrogen-bond donors (Lipinski definition) is 2. The molecule has 1 saturated heterocycles. The molecular weight excluding hydrogens is 306 g/mol. The lowest BCUT2D eigenvalue weighted by atomic mass is 10.1. The molecule has 3 rings (SSSR count). The highest BCUT2D eigenvalue weighted by molar-refractivity contribution is 6.24. The number of ether oxygens (including phenoxy) is 1. The maximum absolute atomic E-state index is 12.6. The first-order chi connectivity index (χ1) is 11.0. The van der Waals surface area contributed by atoms with Gasteiger partial charge in [0.25, 0.3) is 11.8 Å². The molecule has 0 spiro atoms. The van der Waals surface area contributed by atoms with E-state index in [1.165, 1.54) is 17.4 Å². The average molecular weight is 323 g/mol. The number of imide groups is 1. The van der Waals surface area contributed by atoms with Crippen LogP contribution in [0.15, 0.2) is 12.1 Å². The zero-order valence-corrected chi connectivity index (χ0v) is 12.5. The van der Waals surface area contributed by atoms with Crippen molar-refractivity contribution in [1.29, 1.82) is 0 Å². The molecule has 2 amide bonds. The number of nitrogen functional groups attached to an aromatic ring is 1. The van der Waals surface area contributed by atoms with E-state index in [1.54, 1.807) is 7.11 Å². The zero-order valence-electron chi connectivity index (χ0n) is 12.5. The number of hydroxylamine groups is 2. The normalized spacial score (nSPS) is 21.8. The third-order valence-electron chi connectivity index (χ3n) is 3.71. The summed E-state index contributed by atoms with van der Waals surface area (Å²) in [6.07, 6.45) is -0.463. The van der Waals surface area contributed by atoms with Crippen molar-refractivity contribution in [3.63, 3.8) is 0 Å². The largest absolute Gasteiger partial charge is 0.506 e. The number of carbonyl (C=O) groups excluding carboxylic acids is 2. The van der Waals surface area contributed by atoms with Crippen molar-refractivity contribution in [1.82, 2.24) is 10.1 Å². The standard InChI is InChI=1S/C14H17N3O6/c1-21-7-5-16-22-6-4-10(23-16)17-13(19)8-2-3-9(18)12(15)11(8)14(17)20/h2-3,10,18H,4-7,15H2,1H3. The van der Waals surface area contributed by atoms with Crippen molar-refractivity contribution in [3.05, 3.63) is 23.3 Å². The van der Waals surface area contributed by atoms with Crippen molar-refractivity contribution < 1.29 is 29.1 Å². The van der Waals surface area contributed by atoms with Crippen LogP contribution >= 0.6 is 0 Å². The topological polar surface area (TPSA) is 115 Å². The fourth-order valence-electron chi connectivity index (χ4n) is 2.55. The van der Waals surface area contributed by atoms with Crippen molar-refractivity contribution in [3.8, 4) is 5.75 Å². The molecule has 1 atom stereocenters. The summed E-state index contributed by atoms with van der Waals surface area (Å²) in [4.78, 5) is 36.9. The molecule has 0 bridgehead atoms. The molecule has 2 aliphatic rings. The minimum Gasteiger partial charge on any atom is -0.506 e. The van der Waals surface area contributed by atoms with E-state index in [9.17, 15) is 14.7 Å². The number of carbonyl (C=O) groups is 2. The summed E-state index contributed by atoms with van der Waals surface area (Å²) in [5, 5.41) is 10.8. The summed E-state index contributed by atoms with van der Waals surface area (Å²) in [7, 11) is 1.54. The van der Waals surface area contributed by atoms with Crippen LogP contribution in [0.1, 0.15) is 27.1 Å². The van der Waals surface area contributed by atoms with Gasteiger partial charge < -0.3 is 15.6 Å². The predicted molar refractivity (Wildman–Crippen MR) is 77.0 cm³/mol. The molecule has 1 aromatic rings. The Morgan fingerprint density at radius 1 is 1.39 bits per heavy atom. The Labute approximate surface area is 132 Å². The van der Waals surface area contributed by atoms with Crippen LogP contribution in [0.25, 0.3) is 0 Å². The van der Waals surface area contributed by atoms with Gasteiger partial charge in [-0.2, -0.15) is 0 Å². The SMILES string of the molecule is COCCN1OCCC(N2C(=O)c3ccc(O)c(N)c3C2=O)O1. The lowest BCUT2D eigenvalue weighted by Crippen LogP contribution is -2.49. The minimum atomic E-state index is -0.797. The summed E-state index contributed by atoms with van der Waals surface area (Å²) >= 11 is 0. The van der Waals surface area contributed by atoms with Crippen LogP contribution in [0.5, 0.6) is 5.75 Å². The molecule has 124 valence electrons. The molecule has 0 aliphatic carbocycles.